The van der Waals surface area contributed by atoms with E-state index in [0.29, 0.717) is 0 Å². The van der Waals surface area contributed by atoms with E-state index in [1.165, 1.54) is 36.0 Å². The zero-order valence-corrected chi connectivity index (χ0v) is 11.9. The number of rotatable bonds is 4. The third-order valence-corrected chi connectivity index (χ3v) is 3.39. The van der Waals surface area contributed by atoms with Gasteiger partial charge in [-0.2, -0.15) is 12.6 Å². The Kier molecular flexibility index (Phi) is 4.91. The van der Waals surface area contributed by atoms with E-state index in [4.69, 9.17) is 0 Å². The summed E-state index contributed by atoms with van der Waals surface area (Å²) in [6.07, 6.45) is 3.65. The molecule has 1 heteroatoms. The van der Waals surface area contributed by atoms with E-state index in [1.807, 2.05) is 0 Å². The Balaban J connectivity index is 2.83. The van der Waals surface area contributed by atoms with Crippen LogP contribution in [0.4, 0.5) is 0 Å². The van der Waals surface area contributed by atoms with Crippen LogP contribution < -0.4 is 0 Å². The summed E-state index contributed by atoms with van der Waals surface area (Å²) in [5.74, 6) is 0.998. The molecule has 1 aromatic carbocycles. The van der Waals surface area contributed by atoms with Gasteiger partial charge in [0, 0.05) is 0 Å². The summed E-state index contributed by atoms with van der Waals surface area (Å²) in [6, 6.07) is 6.90. The van der Waals surface area contributed by atoms with E-state index in [-0.39, 0.29) is 5.41 Å². The first-order chi connectivity index (χ1) is 7.45. The second-order valence-electron chi connectivity index (χ2n) is 5.57. The summed E-state index contributed by atoms with van der Waals surface area (Å²) in [7, 11) is 0. The first-order valence-corrected chi connectivity index (χ1v) is 6.79. The molecule has 0 N–H and O–H groups in total. The molecular weight excluding hydrogens is 212 g/mol. The van der Waals surface area contributed by atoms with Crippen LogP contribution in [-0.4, -0.2) is 5.75 Å². The summed E-state index contributed by atoms with van der Waals surface area (Å²) in [5, 5.41) is 0. The molecule has 0 spiro atoms. The molecule has 0 saturated heterocycles. The molecule has 0 nitrogen and oxygen atoms in total. The molecule has 0 bridgehead atoms. The Morgan fingerprint density at radius 1 is 1.12 bits per heavy atom. The van der Waals surface area contributed by atoms with Gasteiger partial charge < -0.3 is 0 Å². The number of aryl methyl sites for hydroxylation is 2. The average molecular weight is 236 g/mol. The average Bonchev–Trinajstić information content (AvgIpc) is 2.19. The molecule has 0 amide bonds. The van der Waals surface area contributed by atoms with Crippen LogP contribution in [-0.2, 0) is 11.8 Å². The van der Waals surface area contributed by atoms with Gasteiger partial charge in [-0.3, -0.25) is 0 Å². The van der Waals surface area contributed by atoms with Crippen molar-refractivity contribution < 1.29 is 0 Å². The van der Waals surface area contributed by atoms with E-state index in [2.05, 4.69) is 58.5 Å². The Labute approximate surface area is 106 Å². The van der Waals surface area contributed by atoms with Crippen molar-refractivity contribution in [3.8, 4) is 0 Å². The standard InChI is InChI=1S/C15H24S/c1-12-8-9-14(15(2,3)4)11-13(12)7-5-6-10-16/h8-9,11,16H,5-7,10H2,1-4H3. The molecule has 0 unspecified atom stereocenters. The molecule has 1 rings (SSSR count). The molecule has 0 heterocycles. The quantitative estimate of drug-likeness (QED) is 0.575. The van der Waals surface area contributed by atoms with Gasteiger partial charge in [0.1, 0.15) is 0 Å². The second-order valence-corrected chi connectivity index (χ2v) is 6.02. The van der Waals surface area contributed by atoms with E-state index in [0.717, 1.165) is 5.75 Å². The minimum absolute atomic E-state index is 0.256. The van der Waals surface area contributed by atoms with Gasteiger partial charge in [-0.25, -0.2) is 0 Å². The highest BCUT2D eigenvalue weighted by Crippen LogP contribution is 2.25. The smallest absolute Gasteiger partial charge is 0.00978 e. The van der Waals surface area contributed by atoms with Gasteiger partial charge in [0.15, 0.2) is 0 Å². The van der Waals surface area contributed by atoms with Gasteiger partial charge in [-0.15, -0.1) is 0 Å². The molecule has 90 valence electrons. The first kappa shape index (κ1) is 13.6. The molecule has 16 heavy (non-hydrogen) atoms. The molecule has 1 aromatic rings. The van der Waals surface area contributed by atoms with Crippen LogP contribution in [0.3, 0.4) is 0 Å². The summed E-state index contributed by atoms with van der Waals surface area (Å²) in [4.78, 5) is 0. The largest absolute Gasteiger partial charge is 0.179 e. The van der Waals surface area contributed by atoms with Crippen LogP contribution in [0.5, 0.6) is 0 Å². The minimum Gasteiger partial charge on any atom is -0.179 e. The lowest BCUT2D eigenvalue weighted by molar-refractivity contribution is 0.588. The topological polar surface area (TPSA) is 0 Å². The van der Waals surface area contributed by atoms with Gasteiger partial charge in [-0.05, 0) is 54.0 Å². The van der Waals surface area contributed by atoms with Crippen molar-refractivity contribution in [2.75, 3.05) is 5.75 Å². The maximum atomic E-state index is 4.26. The van der Waals surface area contributed by atoms with Crippen molar-refractivity contribution in [3.63, 3.8) is 0 Å². The molecule has 0 aliphatic rings. The summed E-state index contributed by atoms with van der Waals surface area (Å²) < 4.78 is 0. The Morgan fingerprint density at radius 3 is 2.38 bits per heavy atom. The van der Waals surface area contributed by atoms with Crippen molar-refractivity contribution >= 4 is 12.6 Å². The Hall–Kier alpha value is -0.430. The fourth-order valence-electron chi connectivity index (χ4n) is 1.83. The second kappa shape index (κ2) is 5.77. The van der Waals surface area contributed by atoms with E-state index >= 15 is 0 Å². The van der Waals surface area contributed by atoms with Crippen molar-refractivity contribution in [1.82, 2.24) is 0 Å². The van der Waals surface area contributed by atoms with Gasteiger partial charge in [0.2, 0.25) is 0 Å². The highest BCUT2D eigenvalue weighted by Gasteiger charge is 2.14. The third-order valence-electron chi connectivity index (χ3n) is 3.07. The number of benzene rings is 1. The molecule has 0 aliphatic heterocycles. The fraction of sp³-hybridized carbons (Fsp3) is 0.600. The molecule has 0 saturated carbocycles. The van der Waals surface area contributed by atoms with E-state index < -0.39 is 0 Å². The lowest BCUT2D eigenvalue weighted by Gasteiger charge is -2.20. The van der Waals surface area contributed by atoms with E-state index in [1.54, 1.807) is 0 Å². The lowest BCUT2D eigenvalue weighted by atomic mass is 9.84. The maximum absolute atomic E-state index is 4.26. The predicted molar refractivity (Wildman–Crippen MR) is 76.7 cm³/mol. The van der Waals surface area contributed by atoms with Crippen LogP contribution in [0.15, 0.2) is 18.2 Å². The van der Waals surface area contributed by atoms with E-state index in [9.17, 15) is 0 Å². The van der Waals surface area contributed by atoms with Crippen LogP contribution in [0.1, 0.15) is 50.3 Å². The zero-order valence-electron chi connectivity index (χ0n) is 11.0. The summed E-state index contributed by atoms with van der Waals surface area (Å²) >= 11 is 4.26. The number of hydrogen-bond acceptors (Lipinski definition) is 1. The lowest BCUT2D eigenvalue weighted by Crippen LogP contribution is -2.11. The molecule has 0 fully saturated rings. The number of unbranched alkanes of at least 4 members (excludes halogenated alkanes) is 1. The highest BCUT2D eigenvalue weighted by molar-refractivity contribution is 7.80. The molecular formula is C15H24S. The molecule has 0 atom stereocenters. The zero-order chi connectivity index (χ0) is 12.2. The van der Waals surface area contributed by atoms with Crippen LogP contribution in [0.25, 0.3) is 0 Å². The normalized spacial score (nSPS) is 11.8. The van der Waals surface area contributed by atoms with Crippen LogP contribution in [0.2, 0.25) is 0 Å². The minimum atomic E-state index is 0.256. The summed E-state index contributed by atoms with van der Waals surface area (Å²) in [6.45, 7) is 9.03. The van der Waals surface area contributed by atoms with Crippen LogP contribution >= 0.6 is 12.6 Å². The number of hydrogen-bond donors (Lipinski definition) is 1. The van der Waals surface area contributed by atoms with Crippen molar-refractivity contribution in [1.29, 1.82) is 0 Å². The molecule has 0 radical (unpaired) electrons. The van der Waals surface area contributed by atoms with Gasteiger partial charge in [-0.1, -0.05) is 39.0 Å². The fourth-order valence-corrected chi connectivity index (χ4v) is 2.06. The maximum Gasteiger partial charge on any atom is -0.00978 e. The van der Waals surface area contributed by atoms with Crippen molar-refractivity contribution in [3.05, 3.63) is 34.9 Å². The van der Waals surface area contributed by atoms with Gasteiger partial charge in [0.05, 0.1) is 0 Å². The SMILES string of the molecule is Cc1ccc(C(C)(C)C)cc1CCCCS. The summed E-state index contributed by atoms with van der Waals surface area (Å²) in [5.41, 5.74) is 4.63. The van der Waals surface area contributed by atoms with Gasteiger partial charge in [0.25, 0.3) is 0 Å². The van der Waals surface area contributed by atoms with Crippen LogP contribution in [0, 0.1) is 6.92 Å². The molecule has 0 aromatic heterocycles. The Morgan fingerprint density at radius 2 is 1.81 bits per heavy atom. The van der Waals surface area contributed by atoms with Crippen molar-refractivity contribution in [2.45, 2.75) is 52.4 Å². The number of thiol groups is 1. The third kappa shape index (κ3) is 3.86. The monoisotopic (exact) mass is 236 g/mol. The first-order valence-electron chi connectivity index (χ1n) is 6.16. The van der Waals surface area contributed by atoms with Crippen molar-refractivity contribution in [2.24, 2.45) is 0 Å². The Bertz CT molecular complexity index is 334. The highest BCUT2D eigenvalue weighted by atomic mass is 32.1. The predicted octanol–water partition coefficient (Wildman–Crippen LogP) is 4.55. The van der Waals surface area contributed by atoms with Gasteiger partial charge >= 0.3 is 0 Å². The molecule has 0 aliphatic carbocycles.